The summed E-state index contributed by atoms with van der Waals surface area (Å²) >= 11 is 0. The van der Waals surface area contributed by atoms with Crippen molar-refractivity contribution in [3.8, 4) is 0 Å². The summed E-state index contributed by atoms with van der Waals surface area (Å²) in [6.07, 6.45) is 2.41. The largest absolute Gasteiger partial charge is 0.379 e. The normalized spacial score (nSPS) is 15.8. The van der Waals surface area contributed by atoms with Gasteiger partial charge in [-0.3, -0.25) is 0 Å². The fourth-order valence-electron chi connectivity index (χ4n) is 7.04. The summed E-state index contributed by atoms with van der Waals surface area (Å²) < 4.78 is 59.4. The zero-order valence-electron chi connectivity index (χ0n) is 42.3. The van der Waals surface area contributed by atoms with E-state index in [0.717, 1.165) is 68.1 Å². The Morgan fingerprint density at radius 3 is 0.855 bits per heavy atom. The summed E-state index contributed by atoms with van der Waals surface area (Å²) in [6, 6.07) is 28.7. The third kappa shape index (κ3) is 18.8. The second-order valence-corrected chi connectivity index (χ2v) is 22.7. The molecule has 18 heteroatoms. The molecule has 3 aromatic carbocycles. The minimum atomic E-state index is -1.60. The van der Waals surface area contributed by atoms with Gasteiger partial charge in [0.1, 0.15) is 36.2 Å². The second-order valence-electron chi connectivity index (χ2n) is 16.4. The molecule has 1 aromatic heterocycles. The molecular weight excluding hydrogens is 939 g/mol. The monoisotopic (exact) mass is 1020 g/mol. The first-order valence-corrected chi connectivity index (χ1v) is 28.5. The summed E-state index contributed by atoms with van der Waals surface area (Å²) in [5, 5.41) is 2.51. The number of hydrogen-bond donors (Lipinski definition) is 0. The summed E-state index contributed by atoms with van der Waals surface area (Å²) in [6.45, 7) is 21.1. The van der Waals surface area contributed by atoms with Gasteiger partial charge in [0.25, 0.3) is 0 Å². The third-order valence-corrected chi connectivity index (χ3v) is 17.3. The highest BCUT2D eigenvalue weighted by molar-refractivity contribution is 7.62. The maximum atomic E-state index is 15.0. The Morgan fingerprint density at radius 2 is 0.623 bits per heavy atom. The molecule has 0 spiro atoms. The van der Waals surface area contributed by atoms with E-state index in [2.05, 4.69) is 20.8 Å². The van der Waals surface area contributed by atoms with Gasteiger partial charge in [-0.2, -0.15) is 0 Å². The van der Waals surface area contributed by atoms with E-state index < -0.39 is 77.7 Å². The molecule has 4 rings (SSSR count). The smallest absolute Gasteiger partial charge is 0.340 e. The number of ether oxygens (including phenoxy) is 6. The highest BCUT2D eigenvalue weighted by Gasteiger charge is 2.33. The average Bonchev–Trinajstić information content (AvgIpc) is 3.35. The number of hydrogen-bond acceptors (Lipinski definition) is 12. The van der Waals surface area contributed by atoms with E-state index in [9.17, 15) is 0 Å². The van der Waals surface area contributed by atoms with Crippen LogP contribution in [0.2, 0.25) is 0 Å². The molecule has 0 amide bonds. The molecule has 0 aliphatic heterocycles. The van der Waals surface area contributed by atoms with E-state index in [1.165, 1.54) is 0 Å². The Balaban J connectivity index is 1.79. The van der Waals surface area contributed by atoms with Crippen LogP contribution in [0.3, 0.4) is 0 Å². The lowest BCUT2D eigenvalue weighted by Crippen LogP contribution is -2.57. The zero-order chi connectivity index (χ0) is 50.0. The fraction of sp³-hybridized carbons (Fsp3) is 0.588. The average molecular weight is 1020 g/mol. The molecule has 9 atom stereocenters. The summed E-state index contributed by atoms with van der Waals surface area (Å²) in [5.74, 6) is -1.39. The van der Waals surface area contributed by atoms with E-state index >= 15 is 14.4 Å². The summed E-state index contributed by atoms with van der Waals surface area (Å²) in [4.78, 5) is 45.0. The van der Waals surface area contributed by atoms with Crippen molar-refractivity contribution in [1.82, 2.24) is 13.7 Å². The number of nitrogens with zero attached hydrogens (tertiary/aromatic N) is 3. The van der Waals surface area contributed by atoms with Crippen LogP contribution < -0.4 is 33.0 Å². The van der Waals surface area contributed by atoms with Crippen molar-refractivity contribution in [2.24, 2.45) is 0 Å². The van der Waals surface area contributed by atoms with E-state index in [1.54, 1.807) is 20.8 Å². The van der Waals surface area contributed by atoms with Crippen LogP contribution in [0.5, 0.6) is 0 Å². The predicted molar refractivity (Wildman–Crippen MR) is 279 cm³/mol. The first kappa shape index (κ1) is 58.6. The summed E-state index contributed by atoms with van der Waals surface area (Å²) in [5.41, 5.74) is -2.71. The number of rotatable bonds is 36. The molecule has 0 saturated heterocycles. The van der Waals surface area contributed by atoms with E-state index in [0.29, 0.717) is 59.5 Å². The number of unbranched alkanes of at least 4 members (excludes halogenated alkanes) is 3. The van der Waals surface area contributed by atoms with Crippen LogP contribution in [0.4, 0.5) is 0 Å². The molecule has 0 bridgehead atoms. The van der Waals surface area contributed by atoms with E-state index in [-0.39, 0.29) is 0 Å². The minimum Gasteiger partial charge on any atom is -0.379 e. The van der Waals surface area contributed by atoms with Crippen molar-refractivity contribution in [2.75, 3.05) is 59.5 Å². The molecule has 0 aliphatic carbocycles. The zero-order valence-corrected chi connectivity index (χ0v) is 45.0. The topological polar surface area (TPSA) is 149 Å². The Kier molecular flexibility index (Phi) is 27.9. The van der Waals surface area contributed by atoms with Gasteiger partial charge in [0.15, 0.2) is 0 Å². The third-order valence-electron chi connectivity index (χ3n) is 10.8. The second kappa shape index (κ2) is 32.9. The first-order chi connectivity index (χ1) is 33.4. The standard InChI is InChI=1S/C51H78N3O12P3/c1-10-13-31-58-34-37-61-43(7)67(46-25-19-16-20-26-46)64-40(4)52-49(55)53(41(5)65-68(47-27-21-17-22-28-47)44(8)62-38-35-59-32-14-11-2)51(57)54(50(52)56)42(6)66-69(48-29-23-18-24-30-48)45(9)63-39-36-60-33-15-12-3/h16-30,40-45H,10-15,31-39H2,1-9H3. The van der Waals surface area contributed by atoms with Gasteiger partial charge in [0, 0.05) is 35.7 Å². The van der Waals surface area contributed by atoms with Crippen molar-refractivity contribution in [1.29, 1.82) is 0 Å². The lowest BCUT2D eigenvalue weighted by Gasteiger charge is -2.31. The molecule has 9 unspecified atom stereocenters. The van der Waals surface area contributed by atoms with Crippen molar-refractivity contribution >= 4 is 40.4 Å². The molecule has 0 N–H and O–H groups in total. The summed E-state index contributed by atoms with van der Waals surface area (Å²) in [7, 11) is -4.80. The van der Waals surface area contributed by atoms with E-state index in [4.69, 9.17) is 42.0 Å². The molecule has 0 aliphatic rings. The molecule has 15 nitrogen and oxygen atoms in total. The maximum absolute atomic E-state index is 15.0. The lowest BCUT2D eigenvalue weighted by molar-refractivity contribution is 0.0301. The van der Waals surface area contributed by atoms with Gasteiger partial charge in [-0.1, -0.05) is 131 Å². The van der Waals surface area contributed by atoms with Crippen LogP contribution in [0, 0.1) is 0 Å². The van der Waals surface area contributed by atoms with Crippen molar-refractivity contribution < 1.29 is 42.0 Å². The number of aromatic nitrogens is 3. The highest BCUT2D eigenvalue weighted by atomic mass is 31.1. The van der Waals surface area contributed by atoms with Gasteiger partial charge in [-0.05, 0) is 60.8 Å². The van der Waals surface area contributed by atoms with Crippen LogP contribution in [0.15, 0.2) is 105 Å². The molecule has 0 fully saturated rings. The Bertz CT molecular complexity index is 1900. The first-order valence-electron chi connectivity index (χ1n) is 24.6. The van der Waals surface area contributed by atoms with Crippen LogP contribution in [-0.4, -0.2) is 90.7 Å². The molecule has 69 heavy (non-hydrogen) atoms. The van der Waals surface area contributed by atoms with Gasteiger partial charge >= 0.3 is 17.1 Å². The quantitative estimate of drug-likeness (QED) is 0.0316. The van der Waals surface area contributed by atoms with Gasteiger partial charge in [-0.25, -0.2) is 28.1 Å². The molecule has 4 aromatic rings. The molecule has 1 heterocycles. The van der Waals surface area contributed by atoms with Crippen LogP contribution in [-0.2, 0) is 42.0 Å². The number of benzene rings is 3. The van der Waals surface area contributed by atoms with Gasteiger partial charge in [0.2, 0.25) is 0 Å². The van der Waals surface area contributed by atoms with Crippen molar-refractivity contribution in [3.63, 3.8) is 0 Å². The highest BCUT2D eigenvalue weighted by Crippen LogP contribution is 2.47. The predicted octanol–water partition coefficient (Wildman–Crippen LogP) is 9.48. The van der Waals surface area contributed by atoms with E-state index in [1.807, 2.05) is 112 Å². The molecular formula is C51H78N3O12P3. The van der Waals surface area contributed by atoms with Crippen LogP contribution in [0.1, 0.15) is 120 Å². The fourth-order valence-corrected chi connectivity index (χ4v) is 12.6. The van der Waals surface area contributed by atoms with Gasteiger partial charge in [0.05, 0.1) is 64.1 Å². The molecule has 0 saturated carbocycles. The van der Waals surface area contributed by atoms with Crippen LogP contribution in [0.25, 0.3) is 0 Å². The van der Waals surface area contributed by atoms with Crippen molar-refractivity contribution in [2.45, 2.75) is 137 Å². The Labute approximate surface area is 413 Å². The Morgan fingerprint density at radius 1 is 0.377 bits per heavy atom. The molecule has 0 radical (unpaired) electrons. The lowest BCUT2D eigenvalue weighted by atomic mass is 10.4. The molecule has 384 valence electrons. The van der Waals surface area contributed by atoms with Crippen molar-refractivity contribution in [3.05, 3.63) is 122 Å². The minimum absolute atomic E-state index is 0.326. The van der Waals surface area contributed by atoms with Gasteiger partial charge in [-0.15, -0.1) is 0 Å². The maximum Gasteiger partial charge on any atom is 0.340 e. The Hall–Kier alpha value is -3.00. The van der Waals surface area contributed by atoms with Crippen LogP contribution >= 0.6 is 24.4 Å². The van der Waals surface area contributed by atoms with Gasteiger partial charge < -0.3 is 42.0 Å². The SMILES string of the molecule is CCCCOCCOC(C)P(OC(C)n1c(=O)n(C(C)OP(c2ccccc2)C(C)OCCOCCCC)c(=O)n(C(C)OP(c2ccccc2)C(C)OCCOCCCC)c1=O)c1ccccc1.